The minimum absolute atomic E-state index is 0.100. The number of benzene rings is 1. The normalized spacial score (nSPS) is 27.6. The summed E-state index contributed by atoms with van der Waals surface area (Å²) in [6, 6.07) is 6.54. The molecule has 1 aliphatic heterocycles. The van der Waals surface area contributed by atoms with E-state index in [9.17, 15) is 10.1 Å². The molecule has 0 bridgehead atoms. The molecule has 0 radical (unpaired) electrons. The van der Waals surface area contributed by atoms with Crippen molar-refractivity contribution in [2.24, 2.45) is 5.92 Å². The standard InChI is InChI=1S/C20H29NO4/c1-6-19(2,3)13-7-9-15-16-12-14(25-21(22)23)8-10-17(16)20(4,5)24-18(15)11-13/h7,9,11,14,16-17H,6,8,10,12H2,1-5H3. The van der Waals surface area contributed by atoms with E-state index in [1.54, 1.807) is 0 Å². The van der Waals surface area contributed by atoms with E-state index in [1.807, 2.05) is 0 Å². The Kier molecular flexibility index (Phi) is 4.46. The second-order valence-electron chi connectivity index (χ2n) is 8.67. The van der Waals surface area contributed by atoms with Crippen LogP contribution in [0.2, 0.25) is 0 Å². The first-order valence-corrected chi connectivity index (χ1v) is 9.28. The number of fused-ring (bicyclic) bond motifs is 3. The van der Waals surface area contributed by atoms with Crippen LogP contribution in [-0.2, 0) is 10.3 Å². The lowest BCUT2D eigenvalue weighted by atomic mass is 9.65. The molecular formula is C20H29NO4. The third-order valence-corrected chi connectivity index (χ3v) is 6.38. The molecule has 0 N–H and O–H groups in total. The van der Waals surface area contributed by atoms with E-state index in [1.165, 1.54) is 11.1 Å². The third kappa shape index (κ3) is 3.33. The molecule has 138 valence electrons. The molecule has 0 amide bonds. The Morgan fingerprint density at radius 2 is 2.08 bits per heavy atom. The van der Waals surface area contributed by atoms with E-state index in [-0.39, 0.29) is 23.0 Å². The molecular weight excluding hydrogens is 318 g/mol. The van der Waals surface area contributed by atoms with Gasteiger partial charge < -0.3 is 9.57 Å². The quantitative estimate of drug-likeness (QED) is 0.567. The van der Waals surface area contributed by atoms with E-state index in [2.05, 4.69) is 52.8 Å². The zero-order valence-corrected chi connectivity index (χ0v) is 15.9. The van der Waals surface area contributed by atoms with E-state index in [0.717, 1.165) is 18.6 Å². The number of nitrogens with zero attached hydrogens (tertiary/aromatic N) is 1. The molecule has 3 rings (SSSR count). The molecule has 1 heterocycles. The highest BCUT2D eigenvalue weighted by Crippen LogP contribution is 2.52. The van der Waals surface area contributed by atoms with Crippen LogP contribution in [0.4, 0.5) is 0 Å². The molecule has 3 atom stereocenters. The van der Waals surface area contributed by atoms with Crippen molar-refractivity contribution in [2.45, 2.75) is 83.3 Å². The van der Waals surface area contributed by atoms with Crippen LogP contribution in [0.1, 0.15) is 77.3 Å². The molecule has 3 unspecified atom stereocenters. The van der Waals surface area contributed by atoms with Crippen LogP contribution in [0.15, 0.2) is 18.2 Å². The van der Waals surface area contributed by atoms with Gasteiger partial charge in [0, 0.05) is 5.92 Å². The lowest BCUT2D eigenvalue weighted by Gasteiger charge is -2.48. The van der Waals surface area contributed by atoms with Gasteiger partial charge in [0.25, 0.3) is 5.09 Å². The maximum Gasteiger partial charge on any atom is 0.294 e. The zero-order chi connectivity index (χ0) is 18.4. The summed E-state index contributed by atoms with van der Waals surface area (Å²) in [5.74, 6) is 1.54. The molecule has 1 saturated carbocycles. The fourth-order valence-electron chi connectivity index (χ4n) is 4.44. The molecule has 0 spiro atoms. The molecule has 25 heavy (non-hydrogen) atoms. The SMILES string of the molecule is CCC(C)(C)c1ccc2c(c1)OC(C)(C)C1CCC(O[N+](=O)[O-])CC21. The first kappa shape index (κ1) is 18.0. The summed E-state index contributed by atoms with van der Waals surface area (Å²) in [5.41, 5.74) is 2.28. The summed E-state index contributed by atoms with van der Waals surface area (Å²) in [4.78, 5) is 15.6. The van der Waals surface area contributed by atoms with Gasteiger partial charge in [-0.25, -0.2) is 0 Å². The van der Waals surface area contributed by atoms with Crippen LogP contribution in [0.25, 0.3) is 0 Å². The fraction of sp³-hybridized carbons (Fsp3) is 0.700. The zero-order valence-electron chi connectivity index (χ0n) is 15.9. The summed E-state index contributed by atoms with van der Waals surface area (Å²) in [6.45, 7) is 11.0. The van der Waals surface area contributed by atoms with Gasteiger partial charge in [0.05, 0.1) is 0 Å². The highest BCUT2D eigenvalue weighted by Gasteiger charge is 2.47. The Morgan fingerprint density at radius 3 is 2.72 bits per heavy atom. The Morgan fingerprint density at radius 1 is 1.36 bits per heavy atom. The molecule has 5 nitrogen and oxygen atoms in total. The summed E-state index contributed by atoms with van der Waals surface area (Å²) >= 11 is 0. The average molecular weight is 347 g/mol. The van der Waals surface area contributed by atoms with E-state index in [0.29, 0.717) is 18.8 Å². The van der Waals surface area contributed by atoms with Crippen molar-refractivity contribution in [2.75, 3.05) is 0 Å². The lowest BCUT2D eigenvalue weighted by molar-refractivity contribution is -0.769. The van der Waals surface area contributed by atoms with Gasteiger partial charge in [0.2, 0.25) is 0 Å². The molecule has 2 aliphatic rings. The van der Waals surface area contributed by atoms with E-state index >= 15 is 0 Å². The largest absolute Gasteiger partial charge is 0.487 e. The lowest BCUT2D eigenvalue weighted by Crippen LogP contribution is -2.48. The summed E-state index contributed by atoms with van der Waals surface area (Å²) in [6.07, 6.45) is 3.02. The molecule has 1 aliphatic carbocycles. The van der Waals surface area contributed by atoms with Crippen LogP contribution >= 0.6 is 0 Å². The van der Waals surface area contributed by atoms with Gasteiger partial charge in [-0.2, -0.15) is 0 Å². The van der Waals surface area contributed by atoms with Gasteiger partial charge in [-0.1, -0.05) is 32.9 Å². The number of rotatable bonds is 4. The van der Waals surface area contributed by atoms with Gasteiger partial charge in [0.15, 0.2) is 0 Å². The second kappa shape index (κ2) is 6.19. The van der Waals surface area contributed by atoms with Crippen molar-refractivity contribution in [3.8, 4) is 5.75 Å². The van der Waals surface area contributed by atoms with Crippen LogP contribution in [0.3, 0.4) is 0 Å². The average Bonchev–Trinajstić information content (AvgIpc) is 2.53. The van der Waals surface area contributed by atoms with Gasteiger partial charge >= 0.3 is 0 Å². The van der Waals surface area contributed by atoms with Crippen LogP contribution in [0.5, 0.6) is 5.75 Å². The van der Waals surface area contributed by atoms with Gasteiger partial charge in [-0.05, 0) is 68.1 Å². The smallest absolute Gasteiger partial charge is 0.294 e. The van der Waals surface area contributed by atoms with Crippen molar-refractivity contribution < 1.29 is 14.7 Å². The summed E-state index contributed by atoms with van der Waals surface area (Å²) in [5, 5.41) is 10.1. The molecule has 5 heteroatoms. The van der Waals surface area contributed by atoms with E-state index < -0.39 is 5.09 Å². The Bertz CT molecular complexity index is 668. The highest BCUT2D eigenvalue weighted by atomic mass is 17.0. The van der Waals surface area contributed by atoms with Crippen molar-refractivity contribution in [1.29, 1.82) is 0 Å². The Balaban J connectivity index is 1.96. The van der Waals surface area contributed by atoms with Crippen LogP contribution in [-0.4, -0.2) is 16.8 Å². The number of ether oxygens (including phenoxy) is 1. The fourth-order valence-corrected chi connectivity index (χ4v) is 4.44. The predicted molar refractivity (Wildman–Crippen MR) is 96.4 cm³/mol. The number of hydrogen-bond donors (Lipinski definition) is 0. The van der Waals surface area contributed by atoms with Crippen molar-refractivity contribution in [1.82, 2.24) is 0 Å². The van der Waals surface area contributed by atoms with Gasteiger partial charge in [0.1, 0.15) is 17.5 Å². The van der Waals surface area contributed by atoms with E-state index in [4.69, 9.17) is 9.57 Å². The third-order valence-electron chi connectivity index (χ3n) is 6.38. The van der Waals surface area contributed by atoms with Crippen LogP contribution in [0, 0.1) is 16.0 Å². The Hall–Kier alpha value is -1.78. The molecule has 1 aromatic carbocycles. The van der Waals surface area contributed by atoms with Gasteiger partial charge in [-0.3, -0.25) is 0 Å². The topological polar surface area (TPSA) is 61.6 Å². The Labute approximate surface area is 149 Å². The maximum absolute atomic E-state index is 10.7. The molecule has 0 saturated heterocycles. The minimum Gasteiger partial charge on any atom is -0.487 e. The second-order valence-corrected chi connectivity index (χ2v) is 8.67. The van der Waals surface area contributed by atoms with Crippen molar-refractivity contribution in [3.05, 3.63) is 39.4 Å². The maximum atomic E-state index is 10.7. The number of hydrogen-bond acceptors (Lipinski definition) is 4. The highest BCUT2D eigenvalue weighted by molar-refractivity contribution is 5.45. The van der Waals surface area contributed by atoms with Crippen molar-refractivity contribution >= 4 is 0 Å². The first-order valence-electron chi connectivity index (χ1n) is 9.28. The molecule has 1 aromatic rings. The van der Waals surface area contributed by atoms with Gasteiger partial charge in [-0.15, -0.1) is 10.1 Å². The summed E-state index contributed by atoms with van der Waals surface area (Å²) < 4.78 is 6.41. The monoisotopic (exact) mass is 347 g/mol. The predicted octanol–water partition coefficient (Wildman–Crippen LogP) is 5.01. The first-order chi connectivity index (χ1) is 11.6. The van der Waals surface area contributed by atoms with Crippen molar-refractivity contribution in [3.63, 3.8) is 0 Å². The van der Waals surface area contributed by atoms with Crippen LogP contribution < -0.4 is 4.74 Å². The molecule has 0 aromatic heterocycles. The summed E-state index contributed by atoms with van der Waals surface area (Å²) in [7, 11) is 0. The molecule has 1 fully saturated rings. The minimum atomic E-state index is -0.650.